The molecule has 0 saturated heterocycles. The number of phenolic OH excluding ortho intramolecular Hbond substituents is 1. The summed E-state index contributed by atoms with van der Waals surface area (Å²) in [5.41, 5.74) is 0.450. The average molecular weight is 321 g/mol. The van der Waals surface area contributed by atoms with E-state index in [1.807, 2.05) is 0 Å². The van der Waals surface area contributed by atoms with Crippen LogP contribution in [-0.4, -0.2) is 51.7 Å². The van der Waals surface area contributed by atoms with Crippen LogP contribution in [0.1, 0.15) is 25.5 Å². The number of ether oxygens (including phenoxy) is 1. The first kappa shape index (κ1) is 16.8. The van der Waals surface area contributed by atoms with Crippen molar-refractivity contribution in [3.05, 3.63) is 35.1 Å². The van der Waals surface area contributed by atoms with Gasteiger partial charge < -0.3 is 25.0 Å². The zero-order valence-corrected chi connectivity index (χ0v) is 13.1. The van der Waals surface area contributed by atoms with Crippen molar-refractivity contribution >= 4 is 11.7 Å². The monoisotopic (exact) mass is 321 g/mol. The Kier molecular flexibility index (Phi) is 4.60. The highest BCUT2D eigenvalue weighted by atomic mass is 16.5. The standard InChI is InChI=1S/C16H19NO6/c1-8(18)7-17-14(13(9(2)19)15(21)16(17)22)10-4-5-11(20)12(6-10)23-3/h4-6,8,14,18,20-21H,7H2,1-3H3. The Morgan fingerprint density at radius 2 is 2.04 bits per heavy atom. The molecule has 124 valence electrons. The number of amides is 1. The molecular formula is C16H19NO6. The van der Waals surface area contributed by atoms with E-state index in [1.54, 1.807) is 0 Å². The molecule has 0 radical (unpaired) electrons. The fourth-order valence-electron chi connectivity index (χ4n) is 2.70. The van der Waals surface area contributed by atoms with Gasteiger partial charge in [-0.2, -0.15) is 0 Å². The number of nitrogens with zero attached hydrogens (tertiary/aromatic N) is 1. The Morgan fingerprint density at radius 1 is 1.39 bits per heavy atom. The van der Waals surface area contributed by atoms with E-state index in [0.717, 1.165) is 0 Å². The van der Waals surface area contributed by atoms with Crippen LogP contribution in [-0.2, 0) is 9.59 Å². The van der Waals surface area contributed by atoms with Gasteiger partial charge in [-0.25, -0.2) is 0 Å². The quantitative estimate of drug-likeness (QED) is 0.749. The van der Waals surface area contributed by atoms with E-state index in [9.17, 15) is 24.9 Å². The SMILES string of the molecule is COc1cc(C2C(C(C)=O)=C(O)C(=O)N2CC(C)O)ccc1O. The Balaban J connectivity index is 2.57. The van der Waals surface area contributed by atoms with Crippen molar-refractivity contribution < 1.29 is 29.6 Å². The van der Waals surface area contributed by atoms with Gasteiger partial charge in [0.15, 0.2) is 23.0 Å². The van der Waals surface area contributed by atoms with Gasteiger partial charge in [0.1, 0.15) is 0 Å². The van der Waals surface area contributed by atoms with E-state index in [0.29, 0.717) is 5.56 Å². The molecule has 23 heavy (non-hydrogen) atoms. The molecule has 1 aliphatic rings. The van der Waals surface area contributed by atoms with Crippen molar-refractivity contribution in [2.24, 2.45) is 0 Å². The number of hydrogen-bond acceptors (Lipinski definition) is 6. The van der Waals surface area contributed by atoms with Gasteiger partial charge in [-0.15, -0.1) is 0 Å². The van der Waals surface area contributed by atoms with Gasteiger partial charge >= 0.3 is 0 Å². The van der Waals surface area contributed by atoms with Crippen molar-refractivity contribution in [3.8, 4) is 11.5 Å². The summed E-state index contributed by atoms with van der Waals surface area (Å²) in [6, 6.07) is 3.56. The molecule has 2 atom stereocenters. The lowest BCUT2D eigenvalue weighted by molar-refractivity contribution is -0.130. The van der Waals surface area contributed by atoms with Crippen molar-refractivity contribution in [3.63, 3.8) is 0 Å². The lowest BCUT2D eigenvalue weighted by Gasteiger charge is -2.27. The molecule has 0 saturated carbocycles. The van der Waals surface area contributed by atoms with E-state index in [-0.39, 0.29) is 23.6 Å². The molecule has 1 aromatic carbocycles. The summed E-state index contributed by atoms with van der Waals surface area (Å²) < 4.78 is 5.04. The van der Waals surface area contributed by atoms with Gasteiger partial charge in [0, 0.05) is 6.54 Å². The maximum atomic E-state index is 12.2. The second-order valence-corrected chi connectivity index (χ2v) is 5.46. The molecule has 1 amide bonds. The highest BCUT2D eigenvalue weighted by Gasteiger charge is 2.42. The normalized spacial score (nSPS) is 19.2. The van der Waals surface area contributed by atoms with E-state index >= 15 is 0 Å². The summed E-state index contributed by atoms with van der Waals surface area (Å²) in [5.74, 6) is -1.68. The second kappa shape index (κ2) is 6.29. The third-order valence-corrected chi connectivity index (χ3v) is 3.66. The number of aliphatic hydroxyl groups is 2. The van der Waals surface area contributed by atoms with E-state index in [2.05, 4.69) is 0 Å². The number of carbonyl (C=O) groups is 2. The summed E-state index contributed by atoms with van der Waals surface area (Å²) in [5, 5.41) is 29.3. The van der Waals surface area contributed by atoms with E-state index in [4.69, 9.17) is 4.74 Å². The number of phenols is 1. The highest BCUT2D eigenvalue weighted by molar-refractivity contribution is 6.08. The molecule has 7 heteroatoms. The first-order chi connectivity index (χ1) is 10.8. The smallest absolute Gasteiger partial charge is 0.290 e. The van der Waals surface area contributed by atoms with Crippen LogP contribution >= 0.6 is 0 Å². The molecule has 2 rings (SSSR count). The van der Waals surface area contributed by atoms with Crippen molar-refractivity contribution in [1.82, 2.24) is 4.90 Å². The van der Waals surface area contributed by atoms with Gasteiger partial charge in [-0.1, -0.05) is 6.07 Å². The lowest BCUT2D eigenvalue weighted by Crippen LogP contribution is -2.36. The molecule has 1 heterocycles. The van der Waals surface area contributed by atoms with Crippen LogP contribution in [0.3, 0.4) is 0 Å². The molecular weight excluding hydrogens is 302 g/mol. The van der Waals surface area contributed by atoms with Crippen molar-refractivity contribution in [2.45, 2.75) is 26.0 Å². The summed E-state index contributed by atoms with van der Waals surface area (Å²) in [6.45, 7) is 2.72. The molecule has 3 N–H and O–H groups in total. The summed E-state index contributed by atoms with van der Waals surface area (Å²) in [6.07, 6.45) is -0.834. The maximum Gasteiger partial charge on any atom is 0.290 e. The molecule has 7 nitrogen and oxygen atoms in total. The number of hydrogen-bond donors (Lipinski definition) is 3. The topological polar surface area (TPSA) is 107 Å². The van der Waals surface area contributed by atoms with Crippen molar-refractivity contribution in [1.29, 1.82) is 0 Å². The van der Waals surface area contributed by atoms with Crippen LogP contribution in [0.15, 0.2) is 29.5 Å². The number of methoxy groups -OCH3 is 1. The molecule has 1 aliphatic heterocycles. The molecule has 0 aromatic heterocycles. The third-order valence-electron chi connectivity index (χ3n) is 3.66. The number of aromatic hydroxyl groups is 1. The minimum atomic E-state index is -0.843. The summed E-state index contributed by atoms with van der Waals surface area (Å²) in [4.78, 5) is 25.4. The minimum absolute atomic E-state index is 0.0385. The summed E-state index contributed by atoms with van der Waals surface area (Å²) in [7, 11) is 1.38. The Morgan fingerprint density at radius 3 is 2.57 bits per heavy atom. The lowest BCUT2D eigenvalue weighted by atomic mass is 9.96. The van der Waals surface area contributed by atoms with Gasteiger partial charge in [0.2, 0.25) is 0 Å². The average Bonchev–Trinajstić information content (AvgIpc) is 2.72. The minimum Gasteiger partial charge on any atom is -0.504 e. The van der Waals surface area contributed by atoms with Gasteiger partial charge in [-0.05, 0) is 31.5 Å². The van der Waals surface area contributed by atoms with Crippen LogP contribution in [0.2, 0.25) is 0 Å². The fraction of sp³-hybridized carbons (Fsp3) is 0.375. The number of ketones is 1. The zero-order chi connectivity index (χ0) is 17.3. The predicted molar refractivity (Wildman–Crippen MR) is 81.1 cm³/mol. The van der Waals surface area contributed by atoms with Gasteiger partial charge in [-0.3, -0.25) is 9.59 Å². The number of rotatable bonds is 5. The predicted octanol–water partition coefficient (Wildman–Crippen LogP) is 1.07. The summed E-state index contributed by atoms with van der Waals surface area (Å²) >= 11 is 0. The number of carbonyl (C=O) groups excluding carboxylic acids is 2. The van der Waals surface area contributed by atoms with Crippen LogP contribution in [0.5, 0.6) is 11.5 Å². The van der Waals surface area contributed by atoms with Crippen LogP contribution in [0.4, 0.5) is 0 Å². The molecule has 1 aromatic rings. The highest BCUT2D eigenvalue weighted by Crippen LogP contribution is 2.40. The number of benzene rings is 1. The number of aliphatic hydroxyl groups excluding tert-OH is 2. The Labute approximate surface area is 133 Å². The van der Waals surface area contributed by atoms with E-state index in [1.165, 1.54) is 44.1 Å². The number of β-amino-alcohol motifs (C(OH)–C–C–N with tert-alkyl or cyclic N) is 1. The van der Waals surface area contributed by atoms with Crippen molar-refractivity contribution in [2.75, 3.05) is 13.7 Å². The molecule has 0 aliphatic carbocycles. The van der Waals surface area contributed by atoms with Gasteiger partial charge in [0.05, 0.1) is 24.8 Å². The molecule has 0 fully saturated rings. The Bertz CT molecular complexity index is 679. The first-order valence-corrected chi connectivity index (χ1v) is 7.08. The molecule has 0 bridgehead atoms. The Hall–Kier alpha value is -2.54. The van der Waals surface area contributed by atoms with Crippen LogP contribution in [0, 0.1) is 0 Å². The molecule has 2 unspecified atom stereocenters. The first-order valence-electron chi connectivity index (χ1n) is 7.08. The fourth-order valence-corrected chi connectivity index (χ4v) is 2.70. The zero-order valence-electron chi connectivity index (χ0n) is 13.1. The number of Topliss-reactive ketones (excluding diaryl/α,β-unsaturated/α-hetero) is 1. The van der Waals surface area contributed by atoms with Crippen LogP contribution < -0.4 is 4.74 Å². The van der Waals surface area contributed by atoms with Crippen LogP contribution in [0.25, 0.3) is 0 Å². The largest absolute Gasteiger partial charge is 0.504 e. The van der Waals surface area contributed by atoms with Gasteiger partial charge in [0.25, 0.3) is 5.91 Å². The maximum absolute atomic E-state index is 12.2. The second-order valence-electron chi connectivity index (χ2n) is 5.46. The van der Waals surface area contributed by atoms with E-state index < -0.39 is 29.6 Å². The molecule has 0 spiro atoms. The third kappa shape index (κ3) is 3.00.